The molecule has 0 radical (unpaired) electrons. The molecule has 154 valence electrons. The van der Waals surface area contributed by atoms with Gasteiger partial charge in [-0.1, -0.05) is 68.8 Å². The zero-order valence-corrected chi connectivity index (χ0v) is 17.9. The Morgan fingerprint density at radius 2 is 1.73 bits per heavy atom. The van der Waals surface area contributed by atoms with Crippen LogP contribution in [0.5, 0.6) is 0 Å². The molecule has 30 heavy (non-hydrogen) atoms. The zero-order valence-electron chi connectivity index (χ0n) is 17.9. The fourth-order valence-corrected chi connectivity index (χ4v) is 4.38. The van der Waals surface area contributed by atoms with E-state index in [4.69, 9.17) is 9.72 Å². The Morgan fingerprint density at radius 3 is 2.43 bits per heavy atom. The molecule has 2 heterocycles. The Kier molecular flexibility index (Phi) is 5.84. The van der Waals surface area contributed by atoms with Crippen molar-refractivity contribution in [3.8, 4) is 0 Å². The number of carbonyl (C=O) groups is 1. The Balaban J connectivity index is 2.07. The van der Waals surface area contributed by atoms with Gasteiger partial charge in [-0.2, -0.15) is 0 Å². The van der Waals surface area contributed by atoms with Gasteiger partial charge >= 0.3 is 5.97 Å². The summed E-state index contributed by atoms with van der Waals surface area (Å²) < 4.78 is 7.68. The van der Waals surface area contributed by atoms with Gasteiger partial charge in [0, 0.05) is 16.3 Å². The summed E-state index contributed by atoms with van der Waals surface area (Å²) in [5.41, 5.74) is 4.93. The van der Waals surface area contributed by atoms with Crippen molar-refractivity contribution in [1.82, 2.24) is 9.55 Å². The lowest BCUT2D eigenvalue weighted by Gasteiger charge is -2.21. The average molecular weight is 401 g/mol. The number of hydrogen-bond acceptors (Lipinski definition) is 3. The highest BCUT2D eigenvalue weighted by atomic mass is 16.5. The topological polar surface area (TPSA) is 44.1 Å². The summed E-state index contributed by atoms with van der Waals surface area (Å²) >= 11 is 0. The first-order valence-electron chi connectivity index (χ1n) is 10.8. The lowest BCUT2D eigenvalue weighted by Crippen LogP contribution is -2.13. The first-order chi connectivity index (χ1) is 14.7. The average Bonchev–Trinajstić information content (AvgIpc) is 3.10. The van der Waals surface area contributed by atoms with Crippen molar-refractivity contribution < 1.29 is 9.53 Å². The van der Waals surface area contributed by atoms with Crippen LogP contribution in [0.2, 0.25) is 0 Å². The summed E-state index contributed by atoms with van der Waals surface area (Å²) in [5, 5.41) is 2.22. The maximum atomic E-state index is 12.5. The van der Waals surface area contributed by atoms with Crippen LogP contribution in [0, 0.1) is 0 Å². The molecule has 4 aromatic rings. The minimum Gasteiger partial charge on any atom is -0.461 e. The molecule has 0 amide bonds. The minimum absolute atomic E-state index is 0.194. The normalized spacial score (nSPS) is 12.4. The van der Waals surface area contributed by atoms with Gasteiger partial charge < -0.3 is 9.30 Å². The molecular weight excluding hydrogens is 372 g/mol. The van der Waals surface area contributed by atoms with E-state index in [1.165, 1.54) is 11.1 Å². The monoisotopic (exact) mass is 400 g/mol. The van der Waals surface area contributed by atoms with Crippen LogP contribution in [0.25, 0.3) is 21.8 Å². The standard InChI is InChI=1S/C26H28N2O2/c1-4-12-21-25-20(17-22(27-21)26(29)30-6-3)19-15-10-11-16-24(19)28(25)23(5-2)18-13-8-7-9-14-18/h7-11,13-17,23H,4-6,12H2,1-3H3. The Bertz CT molecular complexity index is 1180. The molecule has 0 aliphatic heterocycles. The number of nitrogens with zero attached hydrogens (tertiary/aromatic N) is 2. The van der Waals surface area contributed by atoms with E-state index >= 15 is 0 Å². The molecule has 0 aliphatic carbocycles. The number of fused-ring (bicyclic) bond motifs is 3. The van der Waals surface area contributed by atoms with Gasteiger partial charge in [-0.05, 0) is 37.5 Å². The number of rotatable bonds is 7. The number of ether oxygens (including phenoxy) is 1. The zero-order chi connectivity index (χ0) is 21.1. The molecule has 1 atom stereocenters. The highest BCUT2D eigenvalue weighted by molar-refractivity contribution is 6.10. The molecule has 4 nitrogen and oxygen atoms in total. The maximum absolute atomic E-state index is 12.5. The molecule has 2 aromatic carbocycles. The molecule has 4 rings (SSSR count). The number of benzene rings is 2. The van der Waals surface area contributed by atoms with E-state index in [2.05, 4.69) is 73.0 Å². The van der Waals surface area contributed by atoms with Gasteiger partial charge in [-0.25, -0.2) is 9.78 Å². The second-order valence-electron chi connectivity index (χ2n) is 7.54. The fourth-order valence-electron chi connectivity index (χ4n) is 4.38. The minimum atomic E-state index is -0.358. The largest absolute Gasteiger partial charge is 0.461 e. The van der Waals surface area contributed by atoms with Crippen molar-refractivity contribution in [1.29, 1.82) is 0 Å². The van der Waals surface area contributed by atoms with Crippen LogP contribution >= 0.6 is 0 Å². The van der Waals surface area contributed by atoms with Gasteiger partial charge in [0.25, 0.3) is 0 Å². The van der Waals surface area contributed by atoms with Crippen LogP contribution in [0.1, 0.15) is 61.4 Å². The fraction of sp³-hybridized carbons (Fsp3) is 0.308. The molecule has 0 spiro atoms. The van der Waals surface area contributed by atoms with E-state index in [0.717, 1.165) is 41.2 Å². The van der Waals surface area contributed by atoms with Crippen molar-refractivity contribution in [3.63, 3.8) is 0 Å². The van der Waals surface area contributed by atoms with Crippen molar-refractivity contribution in [2.24, 2.45) is 0 Å². The Labute approximate surface area is 177 Å². The quantitative estimate of drug-likeness (QED) is 0.341. The number of aryl methyl sites for hydroxylation is 1. The number of aromatic nitrogens is 2. The first-order valence-corrected chi connectivity index (χ1v) is 10.8. The second-order valence-corrected chi connectivity index (χ2v) is 7.54. The molecule has 0 saturated heterocycles. The smallest absolute Gasteiger partial charge is 0.356 e. The third-order valence-corrected chi connectivity index (χ3v) is 5.61. The summed E-state index contributed by atoms with van der Waals surface area (Å²) in [5.74, 6) is -0.358. The molecular formula is C26H28N2O2. The van der Waals surface area contributed by atoms with Gasteiger partial charge in [-0.3, -0.25) is 0 Å². The first kappa shape index (κ1) is 20.1. The van der Waals surface area contributed by atoms with E-state index in [1.54, 1.807) is 0 Å². The SMILES string of the molecule is CCCc1nc(C(=O)OCC)cc2c3ccccc3n(C(CC)c3ccccc3)c12. The number of esters is 1. The summed E-state index contributed by atoms with van der Waals surface area (Å²) in [6, 6.07) is 21.2. The lowest BCUT2D eigenvalue weighted by atomic mass is 10.0. The van der Waals surface area contributed by atoms with Crippen molar-refractivity contribution in [2.75, 3.05) is 6.61 Å². The predicted octanol–water partition coefficient (Wildman–Crippen LogP) is 6.32. The van der Waals surface area contributed by atoms with Gasteiger partial charge in [0.1, 0.15) is 5.69 Å². The molecule has 0 bridgehead atoms. The molecule has 0 aliphatic rings. The van der Waals surface area contributed by atoms with Gasteiger partial charge in [0.15, 0.2) is 0 Å². The molecule has 0 fully saturated rings. The highest BCUT2D eigenvalue weighted by Crippen LogP contribution is 2.37. The summed E-state index contributed by atoms with van der Waals surface area (Å²) in [7, 11) is 0. The maximum Gasteiger partial charge on any atom is 0.356 e. The second kappa shape index (κ2) is 8.70. The van der Waals surface area contributed by atoms with E-state index in [1.807, 2.05) is 13.0 Å². The number of carbonyl (C=O) groups excluding carboxylic acids is 1. The Hall–Kier alpha value is -3.14. The van der Waals surface area contributed by atoms with E-state index in [9.17, 15) is 4.79 Å². The van der Waals surface area contributed by atoms with Gasteiger partial charge in [0.2, 0.25) is 0 Å². The van der Waals surface area contributed by atoms with E-state index in [-0.39, 0.29) is 12.0 Å². The number of pyridine rings is 1. The van der Waals surface area contributed by atoms with Crippen LogP contribution < -0.4 is 0 Å². The molecule has 4 heteroatoms. The van der Waals surface area contributed by atoms with Crippen LogP contribution in [0.4, 0.5) is 0 Å². The van der Waals surface area contributed by atoms with Crippen LogP contribution in [0.3, 0.4) is 0 Å². The Morgan fingerprint density at radius 1 is 1.00 bits per heavy atom. The van der Waals surface area contributed by atoms with Gasteiger partial charge in [0.05, 0.1) is 23.9 Å². The number of hydrogen-bond donors (Lipinski definition) is 0. The van der Waals surface area contributed by atoms with Crippen molar-refractivity contribution in [2.45, 2.75) is 46.1 Å². The third kappa shape index (κ3) is 3.47. The van der Waals surface area contributed by atoms with Gasteiger partial charge in [-0.15, -0.1) is 0 Å². The predicted molar refractivity (Wildman–Crippen MR) is 122 cm³/mol. The third-order valence-electron chi connectivity index (χ3n) is 5.61. The molecule has 1 unspecified atom stereocenters. The molecule has 0 saturated carbocycles. The summed E-state index contributed by atoms with van der Waals surface area (Å²) in [4.78, 5) is 17.3. The summed E-state index contributed by atoms with van der Waals surface area (Å²) in [6.07, 6.45) is 2.73. The number of para-hydroxylation sites is 1. The van der Waals surface area contributed by atoms with Crippen molar-refractivity contribution in [3.05, 3.63) is 77.6 Å². The van der Waals surface area contributed by atoms with E-state index < -0.39 is 0 Å². The molecule has 2 aromatic heterocycles. The van der Waals surface area contributed by atoms with Crippen molar-refractivity contribution >= 4 is 27.8 Å². The van der Waals surface area contributed by atoms with E-state index in [0.29, 0.717) is 12.3 Å². The lowest BCUT2D eigenvalue weighted by molar-refractivity contribution is 0.0519. The highest BCUT2D eigenvalue weighted by Gasteiger charge is 2.23. The van der Waals surface area contributed by atoms with Crippen LogP contribution in [-0.4, -0.2) is 22.1 Å². The molecule has 0 N–H and O–H groups in total. The van der Waals surface area contributed by atoms with Crippen LogP contribution in [0.15, 0.2) is 60.7 Å². The van der Waals surface area contributed by atoms with Crippen LogP contribution in [-0.2, 0) is 11.2 Å². The summed E-state index contributed by atoms with van der Waals surface area (Å²) in [6.45, 7) is 6.53.